The minimum absolute atomic E-state index is 0.0148. The van der Waals surface area contributed by atoms with E-state index in [1.54, 1.807) is 0 Å². The molecule has 0 aliphatic carbocycles. The molecule has 3 rings (SSSR count). The smallest absolute Gasteiger partial charge is 0.234 e. The van der Waals surface area contributed by atoms with Crippen molar-refractivity contribution in [2.75, 3.05) is 32.8 Å². The van der Waals surface area contributed by atoms with Crippen LogP contribution in [-0.4, -0.2) is 43.6 Å². The van der Waals surface area contributed by atoms with Crippen LogP contribution in [0.5, 0.6) is 0 Å². The van der Waals surface area contributed by atoms with E-state index >= 15 is 0 Å². The van der Waals surface area contributed by atoms with Gasteiger partial charge in [-0.05, 0) is 42.2 Å². The van der Waals surface area contributed by atoms with Crippen LogP contribution in [0.4, 0.5) is 0 Å². The number of carbonyl (C=O) groups excluding carboxylic acids is 1. The Morgan fingerprint density at radius 3 is 2.92 bits per heavy atom. The lowest BCUT2D eigenvalue weighted by Crippen LogP contribution is -2.44. The summed E-state index contributed by atoms with van der Waals surface area (Å²) < 4.78 is 6.93. The summed E-state index contributed by atoms with van der Waals surface area (Å²) in [5.74, 6) is 0.0773. The van der Waals surface area contributed by atoms with Crippen molar-refractivity contribution in [3.8, 4) is 0 Å². The molecule has 1 unspecified atom stereocenters. The van der Waals surface area contributed by atoms with Crippen LogP contribution in [0.25, 0.3) is 0 Å². The van der Waals surface area contributed by atoms with Crippen molar-refractivity contribution in [1.29, 1.82) is 0 Å². The maximum atomic E-state index is 12.3. The van der Waals surface area contributed by atoms with Crippen LogP contribution < -0.4 is 5.32 Å². The molecule has 5 heteroatoms. The number of nitrogens with one attached hydrogen (secondary N) is 1. The number of hydrogen-bond acceptors (Lipinski definition) is 3. The summed E-state index contributed by atoms with van der Waals surface area (Å²) in [5.41, 5.74) is 3.70. The Balaban J connectivity index is 1.46. The van der Waals surface area contributed by atoms with Gasteiger partial charge in [-0.25, -0.2) is 0 Å². The highest BCUT2D eigenvalue weighted by atomic mass is 79.9. The van der Waals surface area contributed by atoms with E-state index in [-0.39, 0.29) is 12.0 Å². The predicted octanol–water partition coefficient (Wildman–Crippen LogP) is 3.49. The Morgan fingerprint density at radius 1 is 1.27 bits per heavy atom. The largest absolute Gasteiger partial charge is 0.371 e. The monoisotopic (exact) mass is 416 g/mol. The van der Waals surface area contributed by atoms with Crippen molar-refractivity contribution in [1.82, 2.24) is 10.2 Å². The number of nitrogens with zero attached hydrogens (tertiary/aromatic N) is 1. The van der Waals surface area contributed by atoms with Crippen LogP contribution >= 0.6 is 15.9 Å². The van der Waals surface area contributed by atoms with E-state index in [2.05, 4.69) is 57.3 Å². The summed E-state index contributed by atoms with van der Waals surface area (Å²) >= 11 is 3.50. The molecule has 1 amide bonds. The van der Waals surface area contributed by atoms with Gasteiger partial charge >= 0.3 is 0 Å². The first-order valence-corrected chi connectivity index (χ1v) is 9.82. The highest BCUT2D eigenvalue weighted by Gasteiger charge is 2.23. The number of benzene rings is 2. The zero-order chi connectivity index (χ0) is 18.4. The quantitative estimate of drug-likeness (QED) is 0.783. The molecule has 1 aliphatic rings. The highest BCUT2D eigenvalue weighted by Crippen LogP contribution is 2.24. The SMILES string of the molecule is Cc1ccccc1CCNC(=O)CN1CCOC(c2cccc(Br)c2)C1. The van der Waals surface area contributed by atoms with Crippen molar-refractivity contribution in [2.24, 2.45) is 0 Å². The molecule has 26 heavy (non-hydrogen) atoms. The van der Waals surface area contributed by atoms with E-state index in [9.17, 15) is 4.79 Å². The van der Waals surface area contributed by atoms with E-state index in [0.29, 0.717) is 19.7 Å². The maximum absolute atomic E-state index is 12.3. The highest BCUT2D eigenvalue weighted by molar-refractivity contribution is 9.10. The molecular formula is C21H25BrN2O2. The van der Waals surface area contributed by atoms with Crippen LogP contribution in [-0.2, 0) is 16.0 Å². The van der Waals surface area contributed by atoms with E-state index in [0.717, 1.165) is 29.5 Å². The summed E-state index contributed by atoms with van der Waals surface area (Å²) in [6.07, 6.45) is 0.878. The summed E-state index contributed by atoms with van der Waals surface area (Å²) in [4.78, 5) is 14.4. The maximum Gasteiger partial charge on any atom is 0.234 e. The van der Waals surface area contributed by atoms with Crippen LogP contribution in [0.15, 0.2) is 53.0 Å². The number of carbonyl (C=O) groups is 1. The van der Waals surface area contributed by atoms with Crippen molar-refractivity contribution in [3.05, 3.63) is 69.7 Å². The van der Waals surface area contributed by atoms with Gasteiger partial charge in [0.2, 0.25) is 5.91 Å². The van der Waals surface area contributed by atoms with Crippen LogP contribution in [0, 0.1) is 6.92 Å². The first-order valence-electron chi connectivity index (χ1n) is 9.02. The Morgan fingerprint density at radius 2 is 2.12 bits per heavy atom. The van der Waals surface area contributed by atoms with Gasteiger partial charge in [0.25, 0.3) is 0 Å². The summed E-state index contributed by atoms with van der Waals surface area (Å²) in [6.45, 7) is 5.36. The van der Waals surface area contributed by atoms with E-state index in [1.165, 1.54) is 11.1 Å². The van der Waals surface area contributed by atoms with Crippen molar-refractivity contribution in [2.45, 2.75) is 19.4 Å². The number of aryl methyl sites for hydroxylation is 1. The van der Waals surface area contributed by atoms with E-state index in [1.807, 2.05) is 24.3 Å². The zero-order valence-electron chi connectivity index (χ0n) is 15.1. The Hall–Kier alpha value is -1.69. The molecule has 0 spiro atoms. The first-order chi connectivity index (χ1) is 12.6. The minimum Gasteiger partial charge on any atom is -0.371 e. The molecular weight excluding hydrogens is 392 g/mol. The van der Waals surface area contributed by atoms with Gasteiger partial charge < -0.3 is 10.1 Å². The van der Waals surface area contributed by atoms with Gasteiger partial charge in [0.15, 0.2) is 0 Å². The van der Waals surface area contributed by atoms with Crippen LogP contribution in [0.2, 0.25) is 0 Å². The topological polar surface area (TPSA) is 41.6 Å². The number of amides is 1. The number of rotatable bonds is 6. The lowest BCUT2D eigenvalue weighted by molar-refractivity contribution is -0.124. The summed E-state index contributed by atoms with van der Waals surface area (Å²) in [6, 6.07) is 16.5. The van der Waals surface area contributed by atoms with Crippen molar-refractivity contribution < 1.29 is 9.53 Å². The molecule has 1 atom stereocenters. The Bertz CT molecular complexity index is 750. The average molecular weight is 417 g/mol. The lowest BCUT2D eigenvalue weighted by atomic mass is 10.1. The van der Waals surface area contributed by atoms with Gasteiger partial charge in [0, 0.05) is 24.1 Å². The second kappa shape index (κ2) is 9.31. The molecule has 4 nitrogen and oxygen atoms in total. The van der Waals surface area contributed by atoms with Gasteiger partial charge in [0.1, 0.15) is 0 Å². The molecule has 1 aliphatic heterocycles. The number of halogens is 1. The molecule has 138 valence electrons. The second-order valence-corrected chi connectivity index (χ2v) is 7.59. The fourth-order valence-electron chi connectivity index (χ4n) is 3.24. The number of hydrogen-bond donors (Lipinski definition) is 1. The summed E-state index contributed by atoms with van der Waals surface area (Å²) in [7, 11) is 0. The van der Waals surface area contributed by atoms with Crippen molar-refractivity contribution in [3.63, 3.8) is 0 Å². The van der Waals surface area contributed by atoms with Gasteiger partial charge in [-0.1, -0.05) is 52.3 Å². The van der Waals surface area contributed by atoms with Gasteiger partial charge in [-0.2, -0.15) is 0 Å². The first kappa shape index (κ1) is 19.1. The number of morpholine rings is 1. The molecule has 1 heterocycles. The third-order valence-corrected chi connectivity index (χ3v) is 5.21. The van der Waals surface area contributed by atoms with Crippen LogP contribution in [0.1, 0.15) is 22.8 Å². The van der Waals surface area contributed by atoms with Crippen molar-refractivity contribution >= 4 is 21.8 Å². The fraction of sp³-hybridized carbons (Fsp3) is 0.381. The number of ether oxygens (including phenoxy) is 1. The normalized spacial score (nSPS) is 17.8. The molecule has 2 aromatic rings. The van der Waals surface area contributed by atoms with E-state index in [4.69, 9.17) is 4.74 Å². The zero-order valence-corrected chi connectivity index (χ0v) is 16.7. The molecule has 0 saturated carbocycles. The third-order valence-electron chi connectivity index (χ3n) is 4.72. The van der Waals surface area contributed by atoms with E-state index < -0.39 is 0 Å². The van der Waals surface area contributed by atoms with Gasteiger partial charge in [-0.15, -0.1) is 0 Å². The summed E-state index contributed by atoms with van der Waals surface area (Å²) in [5, 5.41) is 3.04. The molecule has 0 radical (unpaired) electrons. The standard InChI is InChI=1S/C21H25BrN2O2/c1-16-5-2-3-6-17(16)9-10-23-21(25)15-24-11-12-26-20(14-24)18-7-4-8-19(22)13-18/h2-8,13,20H,9-12,14-15H2,1H3,(H,23,25). The van der Waals surface area contributed by atoms with Crippen LogP contribution in [0.3, 0.4) is 0 Å². The molecule has 2 aromatic carbocycles. The Kier molecular flexibility index (Phi) is 6.83. The third kappa shape index (κ3) is 5.40. The molecule has 0 bridgehead atoms. The Labute approximate surface area is 163 Å². The fourth-order valence-corrected chi connectivity index (χ4v) is 3.66. The van der Waals surface area contributed by atoms with Gasteiger partial charge in [0.05, 0.1) is 19.3 Å². The minimum atomic E-state index is 0.0148. The molecule has 1 fully saturated rings. The molecule has 0 aromatic heterocycles. The second-order valence-electron chi connectivity index (χ2n) is 6.68. The molecule has 1 saturated heterocycles. The predicted molar refractivity (Wildman–Crippen MR) is 107 cm³/mol. The average Bonchev–Trinajstić information content (AvgIpc) is 2.63. The lowest BCUT2D eigenvalue weighted by Gasteiger charge is -2.32. The van der Waals surface area contributed by atoms with Gasteiger partial charge in [-0.3, -0.25) is 9.69 Å². The molecule has 1 N–H and O–H groups in total.